The molecule has 0 unspecified atom stereocenters. The van der Waals surface area contributed by atoms with E-state index in [2.05, 4.69) is 52.1 Å². The van der Waals surface area contributed by atoms with Crippen LogP contribution in [0.2, 0.25) is 0 Å². The molecule has 0 aliphatic rings. The van der Waals surface area contributed by atoms with E-state index >= 15 is 0 Å². The van der Waals surface area contributed by atoms with E-state index in [1.807, 2.05) is 19.1 Å². The van der Waals surface area contributed by atoms with E-state index in [9.17, 15) is 4.79 Å². The number of aromatic nitrogens is 2. The number of aryl methyl sites for hydroxylation is 2. The number of carbonyl (C=O) groups is 1. The Morgan fingerprint density at radius 1 is 1.16 bits per heavy atom. The molecule has 0 aliphatic carbocycles. The summed E-state index contributed by atoms with van der Waals surface area (Å²) < 4.78 is 2.19. The Hall–Kier alpha value is -3.21. The first-order chi connectivity index (χ1) is 12.1. The van der Waals surface area contributed by atoms with Crippen molar-refractivity contribution in [2.24, 2.45) is 5.10 Å². The lowest BCUT2D eigenvalue weighted by atomic mass is 10.2. The molecule has 1 aromatic carbocycles. The lowest BCUT2D eigenvalue weighted by Crippen LogP contribution is -2.17. The Morgan fingerprint density at radius 3 is 2.68 bits per heavy atom. The Bertz CT molecular complexity index is 926. The summed E-state index contributed by atoms with van der Waals surface area (Å²) in [6.45, 7) is 6.20. The fourth-order valence-electron chi connectivity index (χ4n) is 2.83. The summed E-state index contributed by atoms with van der Waals surface area (Å²) in [5.41, 5.74) is 8.53. The normalized spacial score (nSPS) is 11.0. The second-order valence-corrected chi connectivity index (χ2v) is 5.89. The van der Waals surface area contributed by atoms with Crippen LogP contribution in [0.3, 0.4) is 0 Å². The summed E-state index contributed by atoms with van der Waals surface area (Å²) in [5.74, 6) is -0.280. The van der Waals surface area contributed by atoms with E-state index in [0.717, 1.165) is 22.6 Å². The molecule has 2 heterocycles. The number of para-hydroxylation sites is 1. The van der Waals surface area contributed by atoms with Crippen molar-refractivity contribution in [3.8, 4) is 5.69 Å². The molecular formula is C20H20N4O. The molecule has 0 fully saturated rings. The van der Waals surface area contributed by atoms with Gasteiger partial charge in [-0.05, 0) is 50.6 Å². The topological polar surface area (TPSA) is 59.3 Å². The molecule has 126 valence electrons. The predicted octanol–water partition coefficient (Wildman–Crippen LogP) is 3.56. The average molecular weight is 332 g/mol. The molecule has 3 rings (SSSR count). The first kappa shape index (κ1) is 16.6. The van der Waals surface area contributed by atoms with Gasteiger partial charge in [-0.1, -0.05) is 18.2 Å². The minimum Gasteiger partial charge on any atom is -0.318 e. The Balaban J connectivity index is 1.82. The first-order valence-corrected chi connectivity index (χ1v) is 8.06. The van der Waals surface area contributed by atoms with Crippen molar-refractivity contribution in [1.82, 2.24) is 15.0 Å². The number of carbonyl (C=O) groups excluding carboxylic acids is 1. The van der Waals surface area contributed by atoms with E-state index in [-0.39, 0.29) is 5.91 Å². The highest BCUT2D eigenvalue weighted by molar-refractivity contribution is 5.94. The average Bonchev–Trinajstić information content (AvgIpc) is 2.90. The number of rotatable bonds is 4. The molecule has 0 saturated heterocycles. The van der Waals surface area contributed by atoms with Crippen LogP contribution in [0.4, 0.5) is 0 Å². The zero-order valence-corrected chi connectivity index (χ0v) is 14.5. The van der Waals surface area contributed by atoms with Crippen molar-refractivity contribution >= 4 is 12.1 Å². The summed E-state index contributed by atoms with van der Waals surface area (Å²) in [7, 11) is 0. The van der Waals surface area contributed by atoms with Crippen LogP contribution in [0.5, 0.6) is 0 Å². The van der Waals surface area contributed by atoms with Gasteiger partial charge in [0.25, 0.3) is 5.91 Å². The Morgan fingerprint density at radius 2 is 1.96 bits per heavy atom. The third-order valence-electron chi connectivity index (χ3n) is 4.12. The van der Waals surface area contributed by atoms with E-state index in [0.29, 0.717) is 5.56 Å². The number of amides is 1. The molecule has 0 aliphatic heterocycles. The fraction of sp³-hybridized carbons (Fsp3) is 0.150. The van der Waals surface area contributed by atoms with Crippen LogP contribution < -0.4 is 5.43 Å². The molecule has 1 N–H and O–H groups in total. The SMILES string of the molecule is Cc1ccccc1-n1c(C)cc(/C=N\NC(=O)c2cccnc2)c1C. The minimum atomic E-state index is -0.280. The van der Waals surface area contributed by atoms with Gasteiger partial charge in [0.05, 0.1) is 11.8 Å². The maximum Gasteiger partial charge on any atom is 0.272 e. The number of hydrazone groups is 1. The standard InChI is InChI=1S/C20H20N4O/c1-14-7-4-5-9-19(14)24-15(2)11-18(16(24)3)13-22-23-20(25)17-8-6-10-21-12-17/h4-13H,1-3H3,(H,23,25)/b22-13-. The third-order valence-corrected chi connectivity index (χ3v) is 4.12. The van der Waals surface area contributed by atoms with Crippen molar-refractivity contribution in [1.29, 1.82) is 0 Å². The summed E-state index contributed by atoms with van der Waals surface area (Å²) in [5, 5.41) is 4.08. The van der Waals surface area contributed by atoms with Crippen molar-refractivity contribution < 1.29 is 4.79 Å². The predicted molar refractivity (Wildman–Crippen MR) is 99.3 cm³/mol. The number of hydrogen-bond donors (Lipinski definition) is 1. The number of pyridine rings is 1. The van der Waals surface area contributed by atoms with E-state index < -0.39 is 0 Å². The lowest BCUT2D eigenvalue weighted by Gasteiger charge is -2.12. The second-order valence-electron chi connectivity index (χ2n) is 5.89. The van der Waals surface area contributed by atoms with Gasteiger partial charge < -0.3 is 4.57 Å². The highest BCUT2D eigenvalue weighted by Crippen LogP contribution is 2.22. The fourth-order valence-corrected chi connectivity index (χ4v) is 2.83. The van der Waals surface area contributed by atoms with Gasteiger partial charge in [-0.2, -0.15) is 5.10 Å². The monoisotopic (exact) mass is 332 g/mol. The van der Waals surface area contributed by atoms with Gasteiger partial charge in [-0.25, -0.2) is 5.43 Å². The highest BCUT2D eigenvalue weighted by atomic mass is 16.2. The highest BCUT2D eigenvalue weighted by Gasteiger charge is 2.11. The van der Waals surface area contributed by atoms with Gasteiger partial charge in [-0.15, -0.1) is 0 Å². The molecule has 3 aromatic rings. The number of benzene rings is 1. The van der Waals surface area contributed by atoms with Crippen molar-refractivity contribution in [3.63, 3.8) is 0 Å². The van der Waals surface area contributed by atoms with Crippen LogP contribution in [0.25, 0.3) is 5.69 Å². The molecule has 0 atom stereocenters. The van der Waals surface area contributed by atoms with Crippen molar-refractivity contribution in [2.45, 2.75) is 20.8 Å². The van der Waals surface area contributed by atoms with E-state index in [1.54, 1.807) is 24.5 Å². The van der Waals surface area contributed by atoms with Crippen LogP contribution >= 0.6 is 0 Å². The van der Waals surface area contributed by atoms with Crippen molar-refractivity contribution in [2.75, 3.05) is 0 Å². The number of hydrogen-bond acceptors (Lipinski definition) is 3. The maximum absolute atomic E-state index is 12.0. The van der Waals surface area contributed by atoms with Gasteiger partial charge >= 0.3 is 0 Å². The molecular weight excluding hydrogens is 312 g/mol. The first-order valence-electron chi connectivity index (χ1n) is 8.06. The zero-order chi connectivity index (χ0) is 17.8. The van der Waals surface area contributed by atoms with E-state index in [1.165, 1.54) is 11.8 Å². The third kappa shape index (κ3) is 3.50. The zero-order valence-electron chi connectivity index (χ0n) is 14.5. The second kappa shape index (κ2) is 7.13. The number of nitrogens with one attached hydrogen (secondary N) is 1. The van der Waals surface area contributed by atoms with Gasteiger partial charge in [0.15, 0.2) is 0 Å². The molecule has 0 saturated carbocycles. The molecule has 1 amide bonds. The molecule has 0 spiro atoms. The van der Waals surface area contributed by atoms with Gasteiger partial charge in [0.2, 0.25) is 0 Å². The largest absolute Gasteiger partial charge is 0.318 e. The Kier molecular flexibility index (Phi) is 4.75. The summed E-state index contributed by atoms with van der Waals surface area (Å²) in [6.07, 6.45) is 4.81. The quantitative estimate of drug-likeness (QED) is 0.586. The van der Waals surface area contributed by atoms with Gasteiger partial charge in [-0.3, -0.25) is 9.78 Å². The van der Waals surface area contributed by atoms with Crippen LogP contribution in [-0.2, 0) is 0 Å². The summed E-state index contributed by atoms with van der Waals surface area (Å²) in [4.78, 5) is 15.9. The molecule has 0 radical (unpaired) electrons. The molecule has 5 nitrogen and oxygen atoms in total. The molecule has 25 heavy (non-hydrogen) atoms. The van der Waals surface area contributed by atoms with Crippen LogP contribution in [0.15, 0.2) is 60.0 Å². The molecule has 5 heteroatoms. The van der Waals surface area contributed by atoms with Gasteiger partial charge in [0, 0.05) is 35.0 Å². The maximum atomic E-state index is 12.0. The van der Waals surface area contributed by atoms with Crippen LogP contribution in [-0.4, -0.2) is 21.7 Å². The van der Waals surface area contributed by atoms with Gasteiger partial charge in [0.1, 0.15) is 0 Å². The van der Waals surface area contributed by atoms with Crippen LogP contribution in [0, 0.1) is 20.8 Å². The van der Waals surface area contributed by atoms with Crippen molar-refractivity contribution in [3.05, 3.63) is 82.9 Å². The summed E-state index contributed by atoms with van der Waals surface area (Å²) in [6, 6.07) is 13.7. The van der Waals surface area contributed by atoms with Crippen LogP contribution in [0.1, 0.15) is 32.9 Å². The summed E-state index contributed by atoms with van der Waals surface area (Å²) >= 11 is 0. The minimum absolute atomic E-state index is 0.280. The smallest absolute Gasteiger partial charge is 0.272 e. The Labute approximate surface area is 147 Å². The number of nitrogens with zero attached hydrogens (tertiary/aromatic N) is 3. The van der Waals surface area contributed by atoms with E-state index in [4.69, 9.17) is 0 Å². The molecule has 2 aromatic heterocycles. The molecule has 0 bridgehead atoms. The lowest BCUT2D eigenvalue weighted by molar-refractivity contribution is 0.0955.